The molecule has 3 aromatic rings. The zero-order chi connectivity index (χ0) is 22.2. The summed E-state index contributed by atoms with van der Waals surface area (Å²) in [6, 6.07) is 9.68. The standard InChI is InChI=1S/C19H17N5O6S/c25-18(16-13-20-17-3-1-2-8-23(17)19(16)26)21-9-11-22(12-10-21)31(29,30)15-6-4-14(5-7-15)24(27)28/h1-8,13H,9-12H2. The van der Waals surface area contributed by atoms with Crippen LogP contribution in [0.4, 0.5) is 5.69 Å². The number of nitro groups is 1. The van der Waals surface area contributed by atoms with E-state index in [1.54, 1.807) is 18.2 Å². The molecular formula is C19H17N5O6S. The molecule has 0 N–H and O–H groups in total. The predicted octanol–water partition coefficient (Wildman–Crippen LogP) is 0.749. The van der Waals surface area contributed by atoms with Crippen LogP contribution < -0.4 is 5.56 Å². The molecule has 160 valence electrons. The SMILES string of the molecule is O=C(c1cnc2ccccn2c1=O)N1CCN(S(=O)(=O)c2ccc([N+](=O)[O-])cc2)CC1. The van der Waals surface area contributed by atoms with Gasteiger partial charge in [0.05, 0.1) is 9.82 Å². The normalized spacial score (nSPS) is 15.2. The molecule has 1 fully saturated rings. The fraction of sp³-hybridized carbons (Fsp3) is 0.211. The molecule has 0 spiro atoms. The van der Waals surface area contributed by atoms with E-state index in [9.17, 15) is 28.1 Å². The van der Waals surface area contributed by atoms with E-state index in [2.05, 4.69) is 4.98 Å². The van der Waals surface area contributed by atoms with Gasteiger partial charge in [0.2, 0.25) is 10.0 Å². The molecule has 0 bridgehead atoms. The summed E-state index contributed by atoms with van der Waals surface area (Å²) >= 11 is 0. The predicted molar refractivity (Wildman–Crippen MR) is 109 cm³/mol. The highest BCUT2D eigenvalue weighted by atomic mass is 32.2. The number of carbonyl (C=O) groups excluding carboxylic acids is 1. The molecule has 3 heterocycles. The number of hydrogen-bond acceptors (Lipinski definition) is 7. The minimum Gasteiger partial charge on any atom is -0.336 e. The highest BCUT2D eigenvalue weighted by molar-refractivity contribution is 7.89. The summed E-state index contributed by atoms with van der Waals surface area (Å²) in [4.78, 5) is 41.1. The van der Waals surface area contributed by atoms with Crippen molar-refractivity contribution in [1.29, 1.82) is 0 Å². The van der Waals surface area contributed by atoms with E-state index in [1.165, 1.54) is 38.1 Å². The number of non-ortho nitro benzene ring substituents is 1. The minimum atomic E-state index is -3.86. The number of fused-ring (bicyclic) bond motifs is 1. The molecule has 0 radical (unpaired) electrons. The molecule has 31 heavy (non-hydrogen) atoms. The fourth-order valence-corrected chi connectivity index (χ4v) is 4.79. The van der Waals surface area contributed by atoms with Gasteiger partial charge in [0.1, 0.15) is 11.2 Å². The van der Waals surface area contributed by atoms with Crippen molar-refractivity contribution in [3.05, 3.63) is 80.9 Å². The summed E-state index contributed by atoms with van der Waals surface area (Å²) in [5, 5.41) is 10.8. The lowest BCUT2D eigenvalue weighted by Gasteiger charge is -2.33. The van der Waals surface area contributed by atoms with Crippen LogP contribution in [-0.4, -0.2) is 64.0 Å². The van der Waals surface area contributed by atoms with E-state index < -0.39 is 26.4 Å². The van der Waals surface area contributed by atoms with Crippen molar-refractivity contribution in [3.63, 3.8) is 0 Å². The van der Waals surface area contributed by atoms with Gasteiger partial charge in [-0.25, -0.2) is 13.4 Å². The number of piperazine rings is 1. The minimum absolute atomic E-state index is 0.0351. The van der Waals surface area contributed by atoms with Gasteiger partial charge in [0.15, 0.2) is 0 Å². The van der Waals surface area contributed by atoms with Crippen molar-refractivity contribution >= 4 is 27.3 Å². The van der Waals surface area contributed by atoms with Crippen LogP contribution in [-0.2, 0) is 10.0 Å². The molecule has 1 amide bonds. The Hall–Kier alpha value is -3.64. The van der Waals surface area contributed by atoms with Crippen molar-refractivity contribution in [3.8, 4) is 0 Å². The van der Waals surface area contributed by atoms with Gasteiger partial charge in [-0.15, -0.1) is 0 Å². The number of hydrogen-bond donors (Lipinski definition) is 0. The van der Waals surface area contributed by atoms with Crippen LogP contribution in [0.5, 0.6) is 0 Å². The van der Waals surface area contributed by atoms with Crippen LogP contribution in [0.15, 0.2) is 64.5 Å². The van der Waals surface area contributed by atoms with E-state index in [4.69, 9.17) is 0 Å². The zero-order valence-electron chi connectivity index (χ0n) is 16.1. The van der Waals surface area contributed by atoms with Crippen LogP contribution in [0.3, 0.4) is 0 Å². The summed E-state index contributed by atoms with van der Waals surface area (Å²) in [6.45, 7) is 0.269. The Bertz CT molecular complexity index is 1330. The smallest absolute Gasteiger partial charge is 0.270 e. The van der Waals surface area contributed by atoms with Crippen LogP contribution in [0.2, 0.25) is 0 Å². The van der Waals surface area contributed by atoms with Gasteiger partial charge in [0.25, 0.3) is 17.2 Å². The Morgan fingerprint density at radius 2 is 1.71 bits per heavy atom. The van der Waals surface area contributed by atoms with Crippen molar-refractivity contribution < 1.29 is 18.1 Å². The topological polar surface area (TPSA) is 135 Å². The Labute approximate surface area is 176 Å². The first-order valence-corrected chi connectivity index (χ1v) is 10.7. The third-order valence-corrected chi connectivity index (χ3v) is 6.97. The van der Waals surface area contributed by atoms with E-state index >= 15 is 0 Å². The van der Waals surface area contributed by atoms with Gasteiger partial charge in [-0.1, -0.05) is 6.07 Å². The quantitative estimate of drug-likeness (QED) is 0.429. The maximum Gasteiger partial charge on any atom is 0.270 e. The first kappa shape index (κ1) is 20.6. The second-order valence-corrected chi connectivity index (χ2v) is 8.79. The lowest BCUT2D eigenvalue weighted by atomic mass is 10.2. The highest BCUT2D eigenvalue weighted by Gasteiger charge is 2.31. The molecule has 0 saturated carbocycles. The Morgan fingerprint density at radius 3 is 2.35 bits per heavy atom. The molecule has 2 aromatic heterocycles. The monoisotopic (exact) mass is 443 g/mol. The molecule has 0 unspecified atom stereocenters. The third-order valence-electron chi connectivity index (χ3n) is 5.06. The summed E-state index contributed by atoms with van der Waals surface area (Å²) in [5.74, 6) is -0.511. The summed E-state index contributed by atoms with van der Waals surface area (Å²) < 4.78 is 28.1. The second kappa shape index (κ2) is 7.89. The number of rotatable bonds is 4. The lowest BCUT2D eigenvalue weighted by molar-refractivity contribution is -0.384. The second-order valence-electron chi connectivity index (χ2n) is 6.85. The molecule has 1 aromatic carbocycles. The van der Waals surface area contributed by atoms with Gasteiger partial charge >= 0.3 is 0 Å². The fourth-order valence-electron chi connectivity index (χ4n) is 3.36. The molecule has 12 heteroatoms. The molecule has 11 nitrogen and oxygen atoms in total. The van der Waals surface area contributed by atoms with Gasteiger partial charge in [0, 0.05) is 50.7 Å². The van der Waals surface area contributed by atoms with E-state index in [1.807, 2.05) is 0 Å². The third kappa shape index (κ3) is 3.78. The van der Waals surface area contributed by atoms with Gasteiger partial charge in [-0.3, -0.25) is 24.1 Å². The molecule has 0 aliphatic carbocycles. The van der Waals surface area contributed by atoms with E-state index in [0.29, 0.717) is 5.65 Å². The van der Waals surface area contributed by atoms with Gasteiger partial charge in [-0.2, -0.15) is 4.31 Å². The van der Waals surface area contributed by atoms with Crippen molar-refractivity contribution in [2.75, 3.05) is 26.2 Å². The Kier molecular flexibility index (Phi) is 5.25. The Morgan fingerprint density at radius 1 is 1.03 bits per heavy atom. The van der Waals surface area contributed by atoms with Gasteiger partial charge in [-0.05, 0) is 24.3 Å². The molecular weight excluding hydrogens is 426 g/mol. The molecule has 1 aliphatic heterocycles. The molecule has 1 aliphatic rings. The maximum atomic E-state index is 12.8. The van der Waals surface area contributed by atoms with Crippen LogP contribution >= 0.6 is 0 Å². The van der Waals surface area contributed by atoms with Crippen molar-refractivity contribution in [1.82, 2.24) is 18.6 Å². The van der Waals surface area contributed by atoms with Crippen LogP contribution in [0, 0.1) is 10.1 Å². The summed E-state index contributed by atoms with van der Waals surface area (Å²) in [5.41, 5.74) is -0.361. The number of pyridine rings is 1. The van der Waals surface area contributed by atoms with Crippen LogP contribution in [0.25, 0.3) is 5.65 Å². The average Bonchev–Trinajstić information content (AvgIpc) is 2.79. The van der Waals surface area contributed by atoms with E-state index in [0.717, 1.165) is 12.1 Å². The average molecular weight is 443 g/mol. The molecule has 4 rings (SSSR count). The van der Waals surface area contributed by atoms with Crippen molar-refractivity contribution in [2.24, 2.45) is 0 Å². The molecule has 1 saturated heterocycles. The number of benzene rings is 1. The molecule has 0 atom stereocenters. The largest absolute Gasteiger partial charge is 0.336 e. The zero-order valence-corrected chi connectivity index (χ0v) is 16.9. The van der Waals surface area contributed by atoms with Gasteiger partial charge < -0.3 is 4.90 Å². The lowest BCUT2D eigenvalue weighted by Crippen LogP contribution is -2.51. The van der Waals surface area contributed by atoms with E-state index in [-0.39, 0.29) is 42.3 Å². The number of nitro benzene ring substituents is 1. The first-order chi connectivity index (χ1) is 14.8. The van der Waals surface area contributed by atoms with Crippen LogP contribution in [0.1, 0.15) is 10.4 Å². The highest BCUT2D eigenvalue weighted by Crippen LogP contribution is 2.21. The summed E-state index contributed by atoms with van der Waals surface area (Å²) in [6.07, 6.45) is 2.76. The number of amides is 1. The maximum absolute atomic E-state index is 12.8. The summed E-state index contributed by atoms with van der Waals surface area (Å²) in [7, 11) is -3.86. The number of carbonyl (C=O) groups is 1. The first-order valence-electron chi connectivity index (χ1n) is 9.29. The number of nitrogens with zero attached hydrogens (tertiary/aromatic N) is 5. The Balaban J connectivity index is 1.49. The number of aromatic nitrogens is 2. The number of sulfonamides is 1. The van der Waals surface area contributed by atoms with Crippen molar-refractivity contribution in [2.45, 2.75) is 4.90 Å².